The molecule has 0 saturated carbocycles. The Balaban J connectivity index is 4.35. The molecule has 1 atom stereocenters. The zero-order valence-electron chi connectivity index (χ0n) is 13.4. The fourth-order valence-corrected chi connectivity index (χ4v) is 1.74. The molecule has 0 aromatic carbocycles. The van der Waals surface area contributed by atoms with Gasteiger partial charge in [0.05, 0.1) is 43.9 Å². The Bertz CT molecular complexity index is 273. The van der Waals surface area contributed by atoms with Gasteiger partial charge in [-0.25, -0.2) is 0 Å². The molecule has 0 aliphatic heterocycles. The van der Waals surface area contributed by atoms with Gasteiger partial charge in [0.1, 0.15) is 6.61 Å². The van der Waals surface area contributed by atoms with E-state index in [-0.39, 0.29) is 24.7 Å². The van der Waals surface area contributed by atoms with Crippen LogP contribution in [0.15, 0.2) is 12.3 Å². The standard InChI is InChI=1S/C15H30O5/c1-13(6-9-18-10-7-16)15(4,5)20-14(2,3)12-19-11-8-17/h6,9,13,16-17H,7-8,10-12H2,1-5H3. The van der Waals surface area contributed by atoms with Crippen LogP contribution in [0.5, 0.6) is 0 Å². The van der Waals surface area contributed by atoms with E-state index in [1.165, 1.54) is 0 Å². The normalized spacial score (nSPS) is 14.8. The summed E-state index contributed by atoms with van der Waals surface area (Å²) in [5, 5.41) is 17.3. The van der Waals surface area contributed by atoms with E-state index in [0.29, 0.717) is 19.8 Å². The van der Waals surface area contributed by atoms with Crippen molar-refractivity contribution in [1.29, 1.82) is 0 Å². The number of aliphatic hydroxyl groups is 2. The molecule has 20 heavy (non-hydrogen) atoms. The molecule has 0 aromatic rings. The molecule has 1 unspecified atom stereocenters. The molecular weight excluding hydrogens is 260 g/mol. The Labute approximate surface area is 122 Å². The van der Waals surface area contributed by atoms with Gasteiger partial charge in [0.2, 0.25) is 0 Å². The van der Waals surface area contributed by atoms with Crippen molar-refractivity contribution in [3.8, 4) is 0 Å². The van der Waals surface area contributed by atoms with Gasteiger partial charge in [-0.1, -0.05) is 6.92 Å². The summed E-state index contributed by atoms with van der Waals surface area (Å²) in [5.41, 5.74) is -0.822. The van der Waals surface area contributed by atoms with E-state index >= 15 is 0 Å². The van der Waals surface area contributed by atoms with Crippen molar-refractivity contribution in [3.63, 3.8) is 0 Å². The summed E-state index contributed by atoms with van der Waals surface area (Å²) < 4.78 is 16.6. The third-order valence-electron chi connectivity index (χ3n) is 2.99. The zero-order chi connectivity index (χ0) is 15.6. The van der Waals surface area contributed by atoms with Crippen LogP contribution in [0, 0.1) is 5.92 Å². The van der Waals surface area contributed by atoms with Crippen LogP contribution < -0.4 is 0 Å². The van der Waals surface area contributed by atoms with Crippen molar-refractivity contribution in [2.45, 2.75) is 45.8 Å². The van der Waals surface area contributed by atoms with Gasteiger partial charge in [-0.2, -0.15) is 0 Å². The molecule has 0 rings (SSSR count). The van der Waals surface area contributed by atoms with Gasteiger partial charge in [0.25, 0.3) is 0 Å². The van der Waals surface area contributed by atoms with Gasteiger partial charge >= 0.3 is 0 Å². The SMILES string of the molecule is CC(C=COCCO)C(C)(C)OC(C)(C)COCCO. The number of aliphatic hydroxyl groups excluding tert-OH is 2. The second-order valence-electron chi connectivity index (χ2n) is 5.95. The summed E-state index contributed by atoms with van der Waals surface area (Å²) in [6.07, 6.45) is 3.52. The Morgan fingerprint density at radius 2 is 1.65 bits per heavy atom. The second kappa shape index (κ2) is 9.34. The lowest BCUT2D eigenvalue weighted by Gasteiger charge is -2.38. The lowest BCUT2D eigenvalue weighted by atomic mass is 9.91. The van der Waals surface area contributed by atoms with E-state index in [2.05, 4.69) is 0 Å². The van der Waals surface area contributed by atoms with Crippen LogP contribution >= 0.6 is 0 Å². The van der Waals surface area contributed by atoms with Crippen molar-refractivity contribution in [2.24, 2.45) is 5.92 Å². The summed E-state index contributed by atoms with van der Waals surface area (Å²) in [5.74, 6) is 0.137. The predicted octanol–water partition coefficient (Wildman–Crippen LogP) is 1.73. The highest BCUT2D eigenvalue weighted by Gasteiger charge is 2.33. The maximum absolute atomic E-state index is 8.72. The first-order valence-corrected chi connectivity index (χ1v) is 7.03. The van der Waals surface area contributed by atoms with E-state index in [0.717, 1.165) is 0 Å². The fourth-order valence-electron chi connectivity index (χ4n) is 1.74. The Morgan fingerprint density at radius 1 is 1.05 bits per heavy atom. The van der Waals surface area contributed by atoms with E-state index in [1.54, 1.807) is 6.26 Å². The Hall–Kier alpha value is -0.620. The quantitative estimate of drug-likeness (QED) is 0.448. The molecule has 2 N–H and O–H groups in total. The Morgan fingerprint density at radius 3 is 2.20 bits per heavy atom. The molecule has 0 bridgehead atoms. The summed E-state index contributed by atoms with van der Waals surface area (Å²) in [4.78, 5) is 0. The van der Waals surface area contributed by atoms with Crippen LogP contribution in [0.4, 0.5) is 0 Å². The lowest BCUT2D eigenvalue weighted by molar-refractivity contribution is -0.165. The molecule has 0 aliphatic rings. The van der Waals surface area contributed by atoms with E-state index < -0.39 is 5.60 Å². The minimum atomic E-state index is -0.438. The number of hydrogen-bond donors (Lipinski definition) is 2. The van der Waals surface area contributed by atoms with Crippen LogP contribution in [0.1, 0.15) is 34.6 Å². The molecule has 0 heterocycles. The van der Waals surface area contributed by atoms with Crippen LogP contribution in [-0.4, -0.2) is 54.4 Å². The highest BCUT2D eigenvalue weighted by atomic mass is 16.6. The monoisotopic (exact) mass is 290 g/mol. The molecule has 0 amide bonds. The third kappa shape index (κ3) is 8.53. The van der Waals surface area contributed by atoms with Crippen LogP contribution in [-0.2, 0) is 14.2 Å². The maximum Gasteiger partial charge on any atom is 0.110 e. The molecular formula is C15H30O5. The van der Waals surface area contributed by atoms with E-state index in [4.69, 9.17) is 24.4 Å². The zero-order valence-corrected chi connectivity index (χ0v) is 13.4. The highest BCUT2D eigenvalue weighted by molar-refractivity contribution is 4.93. The minimum absolute atomic E-state index is 0.00778. The first kappa shape index (κ1) is 19.4. The van der Waals surface area contributed by atoms with Crippen LogP contribution in [0.2, 0.25) is 0 Å². The molecule has 0 aromatic heterocycles. The molecule has 120 valence electrons. The predicted molar refractivity (Wildman–Crippen MR) is 78.5 cm³/mol. The van der Waals surface area contributed by atoms with Gasteiger partial charge in [-0.05, 0) is 33.8 Å². The van der Waals surface area contributed by atoms with Gasteiger partial charge in [-0.15, -0.1) is 0 Å². The number of ether oxygens (including phenoxy) is 3. The second-order valence-corrected chi connectivity index (χ2v) is 5.95. The minimum Gasteiger partial charge on any atom is -0.499 e. The van der Waals surface area contributed by atoms with Crippen molar-refractivity contribution in [3.05, 3.63) is 12.3 Å². The smallest absolute Gasteiger partial charge is 0.110 e. The van der Waals surface area contributed by atoms with Gasteiger partial charge < -0.3 is 24.4 Å². The van der Waals surface area contributed by atoms with Crippen molar-refractivity contribution < 1.29 is 24.4 Å². The topological polar surface area (TPSA) is 68.2 Å². The highest BCUT2D eigenvalue weighted by Crippen LogP contribution is 2.28. The van der Waals surface area contributed by atoms with Gasteiger partial charge in [0.15, 0.2) is 0 Å². The summed E-state index contributed by atoms with van der Waals surface area (Å²) in [6, 6.07) is 0. The Kier molecular flexibility index (Phi) is 9.05. The average Bonchev–Trinajstić information content (AvgIpc) is 2.33. The molecule has 0 radical (unpaired) electrons. The first-order valence-electron chi connectivity index (χ1n) is 7.03. The van der Waals surface area contributed by atoms with Crippen molar-refractivity contribution >= 4 is 0 Å². The molecule has 0 fully saturated rings. The summed E-state index contributed by atoms with van der Waals surface area (Å²) >= 11 is 0. The van der Waals surface area contributed by atoms with Crippen molar-refractivity contribution in [1.82, 2.24) is 0 Å². The molecule has 5 heteroatoms. The molecule has 0 spiro atoms. The van der Waals surface area contributed by atoms with Gasteiger partial charge in [0, 0.05) is 5.92 Å². The first-order chi connectivity index (χ1) is 9.25. The van der Waals surface area contributed by atoms with Crippen LogP contribution in [0.25, 0.3) is 0 Å². The summed E-state index contributed by atoms with van der Waals surface area (Å²) in [7, 11) is 0. The van der Waals surface area contributed by atoms with Gasteiger partial charge in [-0.3, -0.25) is 0 Å². The fraction of sp³-hybridized carbons (Fsp3) is 0.867. The van der Waals surface area contributed by atoms with E-state index in [9.17, 15) is 0 Å². The average molecular weight is 290 g/mol. The molecule has 0 aliphatic carbocycles. The number of rotatable bonds is 11. The maximum atomic E-state index is 8.72. The van der Waals surface area contributed by atoms with E-state index in [1.807, 2.05) is 40.7 Å². The summed E-state index contributed by atoms with van der Waals surface area (Å²) in [6.45, 7) is 11.1. The lowest BCUT2D eigenvalue weighted by Crippen LogP contribution is -2.43. The largest absolute Gasteiger partial charge is 0.499 e. The molecule has 5 nitrogen and oxygen atoms in total. The number of hydrogen-bond acceptors (Lipinski definition) is 5. The molecule has 0 saturated heterocycles. The van der Waals surface area contributed by atoms with Crippen LogP contribution in [0.3, 0.4) is 0 Å². The third-order valence-corrected chi connectivity index (χ3v) is 2.99. The van der Waals surface area contributed by atoms with Crippen molar-refractivity contribution in [2.75, 3.05) is 33.0 Å².